The number of alkyl halides is 2. The lowest BCUT2D eigenvalue weighted by Crippen LogP contribution is -2.37. The van der Waals surface area contributed by atoms with Gasteiger partial charge in [-0.1, -0.05) is 19.8 Å². The van der Waals surface area contributed by atoms with Crippen molar-refractivity contribution in [1.29, 1.82) is 0 Å². The first-order chi connectivity index (χ1) is 13.2. The molecule has 28 heavy (non-hydrogen) atoms. The largest absolute Gasteiger partial charge is 0.449 e. The highest BCUT2D eigenvalue weighted by atomic mass is 19.3. The summed E-state index contributed by atoms with van der Waals surface area (Å²) in [5.41, 5.74) is 0.763. The van der Waals surface area contributed by atoms with E-state index in [0.717, 1.165) is 37.8 Å². The van der Waals surface area contributed by atoms with Gasteiger partial charge in [0.25, 0.3) is 5.56 Å². The van der Waals surface area contributed by atoms with Gasteiger partial charge in [0.05, 0.1) is 6.61 Å². The Labute approximate surface area is 164 Å². The molecule has 1 aliphatic heterocycles. The molecule has 1 aromatic rings. The van der Waals surface area contributed by atoms with Gasteiger partial charge in [0.1, 0.15) is 5.69 Å². The van der Waals surface area contributed by atoms with Crippen LogP contribution in [0, 0.1) is 5.92 Å². The minimum Gasteiger partial charge on any atom is -0.449 e. The molecule has 0 radical (unpaired) electrons. The minimum atomic E-state index is -2.59. The summed E-state index contributed by atoms with van der Waals surface area (Å²) in [4.78, 5) is 25.1. The number of halogens is 2. The van der Waals surface area contributed by atoms with Gasteiger partial charge in [-0.3, -0.25) is 10.1 Å². The molecule has 0 saturated heterocycles. The summed E-state index contributed by atoms with van der Waals surface area (Å²) in [6.07, 6.45) is 4.47. The van der Waals surface area contributed by atoms with Crippen molar-refractivity contribution < 1.29 is 18.3 Å². The molecule has 1 fully saturated rings. The molecule has 1 unspecified atom stereocenters. The van der Waals surface area contributed by atoms with E-state index >= 15 is 0 Å². The number of unbranched alkanes of at least 4 members (excludes halogenated alkanes) is 1. The van der Waals surface area contributed by atoms with Gasteiger partial charge in [-0.15, -0.1) is 0 Å². The Morgan fingerprint density at radius 2 is 2.00 bits per heavy atom. The molecule has 1 aliphatic carbocycles. The lowest BCUT2D eigenvalue weighted by atomic mass is 9.87. The van der Waals surface area contributed by atoms with E-state index in [4.69, 9.17) is 4.74 Å². The molecule has 0 spiro atoms. The lowest BCUT2D eigenvalue weighted by Gasteiger charge is -2.28. The molecule has 1 atom stereocenters. The first kappa shape index (κ1) is 20.8. The molecule has 5 nitrogen and oxygen atoms in total. The van der Waals surface area contributed by atoms with Crippen LogP contribution in [0.25, 0.3) is 0 Å². The van der Waals surface area contributed by atoms with Crippen molar-refractivity contribution in [3.8, 4) is 0 Å². The zero-order valence-electron chi connectivity index (χ0n) is 16.7. The van der Waals surface area contributed by atoms with Crippen LogP contribution in [0.1, 0.15) is 70.9 Å². The summed E-state index contributed by atoms with van der Waals surface area (Å²) in [5.74, 6) is -2.65. The monoisotopic (exact) mass is 396 g/mol. The third-order valence-corrected chi connectivity index (χ3v) is 6.22. The number of nitrogens with one attached hydrogen (secondary N) is 1. The molecular weight excluding hydrogens is 366 g/mol. The summed E-state index contributed by atoms with van der Waals surface area (Å²) >= 11 is 0. The topological polar surface area (TPSA) is 60.3 Å². The molecule has 156 valence electrons. The molecule has 1 saturated carbocycles. The standard InChI is InChI=1S/C21H30F2N2O3/c1-3-4-10-20(2)11-9-16-5-6-17(18(26)25(16)20)24-19(27)28-14-15-7-12-21(22,23)13-8-15/h5-6,15H,3-4,7-14H2,1-2H3,(H,24,27). The number of ether oxygens (including phenoxy) is 1. The van der Waals surface area contributed by atoms with Crippen LogP contribution in [0.15, 0.2) is 16.9 Å². The summed E-state index contributed by atoms with van der Waals surface area (Å²) in [6.45, 7) is 4.33. The van der Waals surface area contributed by atoms with Crippen LogP contribution in [0.3, 0.4) is 0 Å². The van der Waals surface area contributed by atoms with E-state index in [9.17, 15) is 18.4 Å². The van der Waals surface area contributed by atoms with Gasteiger partial charge in [0, 0.05) is 24.1 Å². The van der Waals surface area contributed by atoms with Gasteiger partial charge in [0.2, 0.25) is 5.92 Å². The average molecular weight is 396 g/mol. The van der Waals surface area contributed by atoms with Crippen molar-refractivity contribution in [3.05, 3.63) is 28.2 Å². The van der Waals surface area contributed by atoms with Gasteiger partial charge in [-0.05, 0) is 57.1 Å². The molecule has 1 amide bonds. The maximum Gasteiger partial charge on any atom is 0.411 e. The summed E-state index contributed by atoms with van der Waals surface area (Å²) < 4.78 is 33.4. The summed E-state index contributed by atoms with van der Waals surface area (Å²) in [7, 11) is 0. The first-order valence-corrected chi connectivity index (χ1v) is 10.3. The maximum atomic E-state index is 13.2. The molecule has 7 heteroatoms. The number of rotatable bonds is 6. The average Bonchev–Trinajstić information content (AvgIpc) is 2.99. The summed E-state index contributed by atoms with van der Waals surface area (Å²) in [5, 5.41) is 2.55. The minimum absolute atomic E-state index is 0.0520. The Balaban J connectivity index is 1.61. The fraction of sp³-hybridized carbons (Fsp3) is 0.714. The zero-order valence-corrected chi connectivity index (χ0v) is 16.7. The Morgan fingerprint density at radius 1 is 1.29 bits per heavy atom. The van der Waals surface area contributed by atoms with Crippen LogP contribution in [0.2, 0.25) is 0 Å². The van der Waals surface area contributed by atoms with Gasteiger partial charge < -0.3 is 9.30 Å². The number of anilines is 1. The number of nitrogens with zero attached hydrogens (tertiary/aromatic N) is 1. The number of carbonyl (C=O) groups is 1. The van der Waals surface area contributed by atoms with E-state index in [1.165, 1.54) is 0 Å². The highest BCUT2D eigenvalue weighted by molar-refractivity contribution is 5.84. The van der Waals surface area contributed by atoms with Crippen molar-refractivity contribution >= 4 is 11.8 Å². The van der Waals surface area contributed by atoms with E-state index in [0.29, 0.717) is 12.8 Å². The van der Waals surface area contributed by atoms with Crippen LogP contribution in [0.4, 0.5) is 19.3 Å². The van der Waals surface area contributed by atoms with Crippen molar-refractivity contribution in [2.24, 2.45) is 5.92 Å². The van der Waals surface area contributed by atoms with Gasteiger partial charge >= 0.3 is 6.09 Å². The second-order valence-electron chi connectivity index (χ2n) is 8.50. The first-order valence-electron chi connectivity index (χ1n) is 10.3. The predicted octanol–water partition coefficient (Wildman–Crippen LogP) is 5.07. The van der Waals surface area contributed by atoms with Crippen molar-refractivity contribution in [2.75, 3.05) is 11.9 Å². The molecule has 1 N–H and O–H groups in total. The quantitative estimate of drug-likeness (QED) is 0.730. The zero-order chi connectivity index (χ0) is 20.4. The van der Waals surface area contributed by atoms with Crippen molar-refractivity contribution in [2.45, 2.75) is 83.1 Å². The number of fused-ring (bicyclic) bond motifs is 1. The van der Waals surface area contributed by atoms with Crippen LogP contribution >= 0.6 is 0 Å². The summed E-state index contributed by atoms with van der Waals surface area (Å²) in [6, 6.07) is 3.51. The number of carbonyl (C=O) groups excluding carboxylic acids is 1. The smallest absolute Gasteiger partial charge is 0.411 e. The molecule has 0 aromatic carbocycles. The number of pyridine rings is 1. The molecule has 3 rings (SSSR count). The fourth-order valence-corrected chi connectivity index (χ4v) is 4.37. The van der Waals surface area contributed by atoms with Crippen molar-refractivity contribution in [1.82, 2.24) is 4.57 Å². The van der Waals surface area contributed by atoms with Crippen LogP contribution in [-0.4, -0.2) is 23.2 Å². The molecule has 2 heterocycles. The van der Waals surface area contributed by atoms with Gasteiger partial charge in [0.15, 0.2) is 0 Å². The number of aromatic nitrogens is 1. The SMILES string of the molecule is CCCCC1(C)CCc2ccc(NC(=O)OCC3CCC(F)(F)CC3)c(=O)n21. The second kappa shape index (κ2) is 8.21. The number of aryl methyl sites for hydroxylation is 1. The third kappa shape index (κ3) is 4.55. The highest BCUT2D eigenvalue weighted by Gasteiger charge is 2.36. The normalized spacial score (nSPS) is 24.0. The Bertz CT molecular complexity index is 767. The van der Waals surface area contributed by atoms with Crippen LogP contribution in [-0.2, 0) is 16.7 Å². The molecular formula is C21H30F2N2O3. The molecule has 2 aliphatic rings. The van der Waals surface area contributed by atoms with Crippen molar-refractivity contribution in [3.63, 3.8) is 0 Å². The fourth-order valence-electron chi connectivity index (χ4n) is 4.37. The van der Waals surface area contributed by atoms with Crippen LogP contribution < -0.4 is 10.9 Å². The van der Waals surface area contributed by atoms with Crippen LogP contribution in [0.5, 0.6) is 0 Å². The number of hydrogen-bond donors (Lipinski definition) is 1. The lowest BCUT2D eigenvalue weighted by molar-refractivity contribution is -0.0512. The number of hydrogen-bond acceptors (Lipinski definition) is 3. The number of amides is 1. The van der Waals surface area contributed by atoms with Gasteiger partial charge in [-0.2, -0.15) is 0 Å². The molecule has 1 aromatic heterocycles. The Morgan fingerprint density at radius 3 is 2.68 bits per heavy atom. The third-order valence-electron chi connectivity index (χ3n) is 6.22. The second-order valence-corrected chi connectivity index (χ2v) is 8.50. The maximum absolute atomic E-state index is 13.2. The van der Waals surface area contributed by atoms with E-state index in [2.05, 4.69) is 19.2 Å². The van der Waals surface area contributed by atoms with E-state index < -0.39 is 12.0 Å². The highest BCUT2D eigenvalue weighted by Crippen LogP contribution is 2.36. The van der Waals surface area contributed by atoms with E-state index in [1.807, 2.05) is 10.6 Å². The Hall–Kier alpha value is -1.92. The Kier molecular flexibility index (Phi) is 6.10. The van der Waals surface area contributed by atoms with E-state index in [1.54, 1.807) is 6.07 Å². The van der Waals surface area contributed by atoms with Gasteiger partial charge in [-0.25, -0.2) is 13.6 Å². The predicted molar refractivity (Wildman–Crippen MR) is 104 cm³/mol. The molecule has 0 bridgehead atoms. The van der Waals surface area contributed by atoms with E-state index in [-0.39, 0.29) is 42.2 Å².